The van der Waals surface area contributed by atoms with Gasteiger partial charge in [0.05, 0.1) is 23.6 Å². The number of carbonyl (C=O) groups excluding carboxylic acids is 1. The molecule has 2 heterocycles. The van der Waals surface area contributed by atoms with Crippen molar-refractivity contribution in [3.8, 4) is 6.07 Å². The van der Waals surface area contributed by atoms with Crippen molar-refractivity contribution >= 4 is 17.3 Å². The number of aromatic nitrogens is 1. The van der Waals surface area contributed by atoms with Crippen LogP contribution in [0.1, 0.15) is 22.7 Å². The highest BCUT2D eigenvalue weighted by molar-refractivity contribution is 7.11. The predicted octanol–water partition coefficient (Wildman–Crippen LogP) is 1.71. The molecule has 0 radical (unpaired) electrons. The Morgan fingerprint density at radius 2 is 2.30 bits per heavy atom. The van der Waals surface area contributed by atoms with Gasteiger partial charge in [-0.3, -0.25) is 0 Å². The lowest BCUT2D eigenvalue weighted by Gasteiger charge is -2.25. The molecule has 1 unspecified atom stereocenters. The van der Waals surface area contributed by atoms with E-state index in [0.717, 1.165) is 9.88 Å². The molecule has 0 spiro atoms. The van der Waals surface area contributed by atoms with Gasteiger partial charge in [0.25, 0.3) is 0 Å². The first-order chi connectivity index (χ1) is 9.49. The smallest absolute Gasteiger partial charge is 0.338 e. The number of hydrogen-bond donors (Lipinski definition) is 1. The average Bonchev–Trinajstić information content (AvgIpc) is 2.83. The minimum atomic E-state index is -0.590. The van der Waals surface area contributed by atoms with Crippen LogP contribution in [0.25, 0.3) is 0 Å². The lowest BCUT2D eigenvalue weighted by molar-refractivity contribution is -0.136. The number of nitriles is 1. The molecule has 0 saturated heterocycles. The Labute approximate surface area is 120 Å². The largest absolute Gasteiger partial charge is 0.466 e. The highest BCUT2D eigenvalue weighted by Gasteiger charge is 2.37. The molecule has 1 aliphatic heterocycles. The zero-order chi connectivity index (χ0) is 14.9. The van der Waals surface area contributed by atoms with Gasteiger partial charge in [-0.15, -0.1) is 11.3 Å². The standard InChI is InChI=1S/C13H13N3O3S/c1-6-10(13(17)18-3)11(8(4-14)12(15)19-6)9-5-16-7(2)20-9/h5,11H,15H2,1-3H3. The highest BCUT2D eigenvalue weighted by Crippen LogP contribution is 2.41. The molecular formula is C13H13N3O3S. The van der Waals surface area contributed by atoms with Crippen LogP contribution in [0.3, 0.4) is 0 Å². The summed E-state index contributed by atoms with van der Waals surface area (Å²) < 4.78 is 10.1. The van der Waals surface area contributed by atoms with Crippen molar-refractivity contribution in [1.82, 2.24) is 4.98 Å². The predicted molar refractivity (Wildman–Crippen MR) is 72.2 cm³/mol. The maximum absolute atomic E-state index is 12.0. The average molecular weight is 291 g/mol. The van der Waals surface area contributed by atoms with Crippen molar-refractivity contribution in [2.75, 3.05) is 7.11 Å². The number of esters is 1. The van der Waals surface area contributed by atoms with Crippen LogP contribution in [-0.2, 0) is 14.3 Å². The summed E-state index contributed by atoms with van der Waals surface area (Å²) in [5.74, 6) is -0.788. The SMILES string of the molecule is COC(=O)C1=C(C)OC(N)=C(C#N)C1c1cnc(C)s1. The molecule has 1 aromatic rings. The van der Waals surface area contributed by atoms with Crippen LogP contribution in [0.4, 0.5) is 0 Å². The lowest BCUT2D eigenvalue weighted by atomic mass is 9.88. The quantitative estimate of drug-likeness (QED) is 0.833. The number of allylic oxidation sites excluding steroid dienone is 2. The molecule has 6 nitrogen and oxygen atoms in total. The minimum absolute atomic E-state index is 0.00806. The van der Waals surface area contributed by atoms with Gasteiger partial charge in [-0.2, -0.15) is 5.26 Å². The third-order valence-corrected chi connectivity index (χ3v) is 3.91. The van der Waals surface area contributed by atoms with Crippen LogP contribution in [0.5, 0.6) is 0 Å². The zero-order valence-electron chi connectivity index (χ0n) is 11.3. The molecule has 0 bridgehead atoms. The summed E-state index contributed by atoms with van der Waals surface area (Å²) in [5, 5.41) is 10.1. The summed E-state index contributed by atoms with van der Waals surface area (Å²) in [6.45, 7) is 3.47. The van der Waals surface area contributed by atoms with Crippen molar-refractivity contribution in [3.05, 3.63) is 38.9 Å². The van der Waals surface area contributed by atoms with Crippen molar-refractivity contribution in [2.45, 2.75) is 19.8 Å². The van der Waals surface area contributed by atoms with Crippen LogP contribution in [0.2, 0.25) is 0 Å². The topological polar surface area (TPSA) is 98.2 Å². The fourth-order valence-corrected chi connectivity index (χ4v) is 2.96. The Hall–Kier alpha value is -2.33. The highest BCUT2D eigenvalue weighted by atomic mass is 32.1. The summed E-state index contributed by atoms with van der Waals surface area (Å²) in [4.78, 5) is 16.9. The van der Waals surface area contributed by atoms with E-state index in [4.69, 9.17) is 15.2 Å². The van der Waals surface area contributed by atoms with Gasteiger partial charge in [0.2, 0.25) is 5.88 Å². The van der Waals surface area contributed by atoms with E-state index in [9.17, 15) is 10.1 Å². The van der Waals surface area contributed by atoms with Crippen LogP contribution in [0, 0.1) is 18.3 Å². The molecule has 7 heteroatoms. The van der Waals surface area contributed by atoms with E-state index in [1.807, 2.05) is 13.0 Å². The van der Waals surface area contributed by atoms with Crippen molar-refractivity contribution in [3.63, 3.8) is 0 Å². The number of ether oxygens (including phenoxy) is 2. The number of nitrogens with zero attached hydrogens (tertiary/aromatic N) is 2. The van der Waals surface area contributed by atoms with Crippen LogP contribution >= 0.6 is 11.3 Å². The molecule has 0 fully saturated rings. The van der Waals surface area contributed by atoms with Crippen molar-refractivity contribution in [2.24, 2.45) is 5.73 Å². The maximum atomic E-state index is 12.0. The molecule has 104 valence electrons. The number of thiazole rings is 1. The van der Waals surface area contributed by atoms with Crippen molar-refractivity contribution in [1.29, 1.82) is 5.26 Å². The molecule has 0 aliphatic carbocycles. The third kappa shape index (κ3) is 2.26. The fraction of sp³-hybridized carbons (Fsp3) is 0.308. The Bertz CT molecular complexity index is 667. The van der Waals surface area contributed by atoms with E-state index in [1.54, 1.807) is 13.1 Å². The van der Waals surface area contributed by atoms with Crippen LogP contribution in [-0.4, -0.2) is 18.1 Å². The van der Waals surface area contributed by atoms with E-state index in [1.165, 1.54) is 18.4 Å². The summed E-state index contributed by atoms with van der Waals surface area (Å²) >= 11 is 1.40. The first-order valence-electron chi connectivity index (χ1n) is 5.78. The van der Waals surface area contributed by atoms with Crippen molar-refractivity contribution < 1.29 is 14.3 Å². The van der Waals surface area contributed by atoms with Gasteiger partial charge in [-0.05, 0) is 13.8 Å². The van der Waals surface area contributed by atoms with Gasteiger partial charge in [-0.1, -0.05) is 0 Å². The number of aryl methyl sites for hydroxylation is 1. The number of carbonyl (C=O) groups is 1. The van der Waals surface area contributed by atoms with Gasteiger partial charge in [-0.25, -0.2) is 9.78 Å². The molecule has 2 N–H and O–H groups in total. The van der Waals surface area contributed by atoms with Crippen LogP contribution in [0.15, 0.2) is 29.0 Å². The monoisotopic (exact) mass is 291 g/mol. The lowest BCUT2D eigenvalue weighted by Crippen LogP contribution is -2.24. The van der Waals surface area contributed by atoms with E-state index in [2.05, 4.69) is 4.98 Å². The summed E-state index contributed by atoms with van der Waals surface area (Å²) in [6.07, 6.45) is 1.64. The van der Waals surface area contributed by atoms with Gasteiger partial charge in [0.15, 0.2) is 0 Å². The summed E-state index contributed by atoms with van der Waals surface area (Å²) in [6, 6.07) is 2.01. The maximum Gasteiger partial charge on any atom is 0.338 e. The molecule has 1 aromatic heterocycles. The van der Waals surface area contributed by atoms with Gasteiger partial charge in [0.1, 0.15) is 17.4 Å². The number of methoxy groups -OCH3 is 1. The molecule has 1 atom stereocenters. The molecule has 1 aliphatic rings. The van der Waals surface area contributed by atoms with E-state index in [-0.39, 0.29) is 17.0 Å². The zero-order valence-corrected chi connectivity index (χ0v) is 12.1. The van der Waals surface area contributed by atoms with Crippen LogP contribution < -0.4 is 5.73 Å². The number of rotatable bonds is 2. The Morgan fingerprint density at radius 3 is 2.80 bits per heavy atom. The number of nitrogens with two attached hydrogens (primary N) is 1. The van der Waals surface area contributed by atoms with Gasteiger partial charge >= 0.3 is 5.97 Å². The van der Waals surface area contributed by atoms with Gasteiger partial charge in [0, 0.05) is 11.1 Å². The second-order valence-corrected chi connectivity index (χ2v) is 5.43. The minimum Gasteiger partial charge on any atom is -0.466 e. The Balaban J connectivity index is 2.62. The molecule has 0 saturated carbocycles. The third-order valence-electron chi connectivity index (χ3n) is 2.93. The summed E-state index contributed by atoms with van der Waals surface area (Å²) in [7, 11) is 1.28. The molecule has 20 heavy (non-hydrogen) atoms. The first kappa shape index (κ1) is 14.1. The van der Waals surface area contributed by atoms with E-state index >= 15 is 0 Å². The van der Waals surface area contributed by atoms with E-state index in [0.29, 0.717) is 5.76 Å². The Morgan fingerprint density at radius 1 is 1.60 bits per heavy atom. The Kier molecular flexibility index (Phi) is 3.77. The molecule has 2 rings (SSSR count). The normalized spacial score (nSPS) is 18.6. The molecule has 0 aromatic carbocycles. The fourth-order valence-electron chi connectivity index (χ4n) is 2.05. The molecule has 0 amide bonds. The second kappa shape index (κ2) is 5.35. The first-order valence-corrected chi connectivity index (χ1v) is 6.60. The number of hydrogen-bond acceptors (Lipinski definition) is 7. The second-order valence-electron chi connectivity index (χ2n) is 4.17. The summed E-state index contributed by atoms with van der Waals surface area (Å²) in [5.41, 5.74) is 6.22. The van der Waals surface area contributed by atoms with Gasteiger partial charge < -0.3 is 15.2 Å². The molecular weight excluding hydrogens is 278 g/mol. The van der Waals surface area contributed by atoms with E-state index < -0.39 is 11.9 Å².